The highest BCUT2D eigenvalue weighted by molar-refractivity contribution is 7.91. The predicted octanol–water partition coefficient (Wildman–Crippen LogP) is 1.47. The zero-order valence-corrected chi connectivity index (χ0v) is 13.9. The van der Waals surface area contributed by atoms with Gasteiger partial charge in [-0.05, 0) is 50.7 Å². The topological polar surface area (TPSA) is 40.6 Å². The number of hydrogen-bond donors (Lipinski definition) is 0. The van der Waals surface area contributed by atoms with Gasteiger partial charge in [-0.1, -0.05) is 13.8 Å². The summed E-state index contributed by atoms with van der Waals surface area (Å²) in [5.74, 6) is 2.00. The Morgan fingerprint density at radius 1 is 1.10 bits per heavy atom. The minimum atomic E-state index is -2.70. The van der Waals surface area contributed by atoms with Crippen LogP contribution in [0.4, 0.5) is 0 Å². The molecule has 1 atom stereocenters. The van der Waals surface area contributed by atoms with Crippen molar-refractivity contribution in [2.24, 2.45) is 11.8 Å². The summed E-state index contributed by atoms with van der Waals surface area (Å²) in [5.41, 5.74) is 0. The molecule has 0 radical (unpaired) electrons. The minimum absolute atomic E-state index is 0.412. The Morgan fingerprint density at radius 3 is 2.45 bits per heavy atom. The largest absolute Gasteiger partial charge is 0.302 e. The Bertz CT molecular complexity index is 395. The van der Waals surface area contributed by atoms with Crippen molar-refractivity contribution in [2.75, 3.05) is 50.8 Å². The van der Waals surface area contributed by atoms with Crippen molar-refractivity contribution in [3.05, 3.63) is 0 Å². The highest BCUT2D eigenvalue weighted by atomic mass is 32.2. The molecule has 4 nitrogen and oxygen atoms in total. The lowest BCUT2D eigenvalue weighted by molar-refractivity contribution is 0.232. The normalized spacial score (nSPS) is 28.9. The lowest BCUT2D eigenvalue weighted by Crippen LogP contribution is -2.33. The van der Waals surface area contributed by atoms with Gasteiger partial charge in [-0.15, -0.1) is 0 Å². The molecular formula is C15H30N2O2S. The summed E-state index contributed by atoms with van der Waals surface area (Å²) >= 11 is 0. The first kappa shape index (κ1) is 16.2. The molecule has 0 bridgehead atoms. The Labute approximate surface area is 124 Å². The first-order valence-electron chi connectivity index (χ1n) is 8.10. The van der Waals surface area contributed by atoms with E-state index in [-0.39, 0.29) is 0 Å². The summed E-state index contributed by atoms with van der Waals surface area (Å²) in [7, 11) is -2.70. The second kappa shape index (κ2) is 7.23. The van der Waals surface area contributed by atoms with Crippen LogP contribution in [0, 0.1) is 11.8 Å². The van der Waals surface area contributed by atoms with E-state index >= 15 is 0 Å². The summed E-state index contributed by atoms with van der Waals surface area (Å²) in [6.07, 6.45) is 3.19. The third-order valence-electron chi connectivity index (χ3n) is 4.48. The molecule has 0 aromatic heterocycles. The van der Waals surface area contributed by atoms with Crippen LogP contribution in [0.3, 0.4) is 0 Å². The predicted molar refractivity (Wildman–Crippen MR) is 83.7 cm³/mol. The van der Waals surface area contributed by atoms with Gasteiger partial charge in [0.05, 0.1) is 11.5 Å². The summed E-state index contributed by atoms with van der Waals surface area (Å²) in [6, 6.07) is 0. The van der Waals surface area contributed by atoms with Crippen LogP contribution in [0.15, 0.2) is 0 Å². The number of sulfone groups is 1. The highest BCUT2D eigenvalue weighted by Crippen LogP contribution is 2.22. The van der Waals surface area contributed by atoms with Crippen molar-refractivity contribution in [2.45, 2.75) is 33.1 Å². The number of nitrogens with zero attached hydrogens (tertiary/aromatic N) is 2. The first-order chi connectivity index (χ1) is 9.44. The zero-order valence-electron chi connectivity index (χ0n) is 13.1. The molecule has 2 saturated heterocycles. The van der Waals surface area contributed by atoms with Crippen LogP contribution in [0.5, 0.6) is 0 Å². The summed E-state index contributed by atoms with van der Waals surface area (Å²) in [4.78, 5) is 5.11. The van der Waals surface area contributed by atoms with Gasteiger partial charge in [-0.2, -0.15) is 0 Å². The molecule has 0 amide bonds. The minimum Gasteiger partial charge on any atom is -0.302 e. The third-order valence-corrected chi connectivity index (χ3v) is 6.32. The summed E-state index contributed by atoms with van der Waals surface area (Å²) in [5, 5.41) is 0. The Hall–Kier alpha value is -0.130. The van der Waals surface area contributed by atoms with Gasteiger partial charge in [-0.25, -0.2) is 8.42 Å². The maximum absolute atomic E-state index is 11.5. The van der Waals surface area contributed by atoms with E-state index in [2.05, 4.69) is 23.6 Å². The molecule has 0 aliphatic carbocycles. The van der Waals surface area contributed by atoms with Crippen molar-refractivity contribution in [1.29, 1.82) is 0 Å². The number of hydrogen-bond acceptors (Lipinski definition) is 4. The van der Waals surface area contributed by atoms with E-state index in [1.165, 1.54) is 32.6 Å². The maximum Gasteiger partial charge on any atom is 0.150 e. The molecule has 2 heterocycles. The molecule has 0 N–H and O–H groups in total. The van der Waals surface area contributed by atoms with Gasteiger partial charge >= 0.3 is 0 Å². The van der Waals surface area contributed by atoms with E-state index in [0.717, 1.165) is 31.8 Å². The lowest BCUT2D eigenvalue weighted by Gasteiger charge is -2.23. The van der Waals surface area contributed by atoms with Gasteiger partial charge in [0, 0.05) is 19.6 Å². The fourth-order valence-corrected chi connectivity index (χ4v) is 5.32. The second-order valence-electron chi connectivity index (χ2n) is 6.95. The Kier molecular flexibility index (Phi) is 5.87. The van der Waals surface area contributed by atoms with Gasteiger partial charge in [0.15, 0.2) is 9.84 Å². The van der Waals surface area contributed by atoms with Gasteiger partial charge in [0.1, 0.15) is 0 Å². The average Bonchev–Trinajstić information content (AvgIpc) is 2.57. The molecule has 1 unspecified atom stereocenters. The van der Waals surface area contributed by atoms with Crippen molar-refractivity contribution in [3.63, 3.8) is 0 Å². The fraction of sp³-hybridized carbons (Fsp3) is 1.00. The molecule has 118 valence electrons. The molecule has 2 rings (SSSR count). The lowest BCUT2D eigenvalue weighted by atomic mass is 10.1. The van der Waals surface area contributed by atoms with Crippen molar-refractivity contribution in [3.8, 4) is 0 Å². The zero-order chi connectivity index (χ0) is 14.6. The third kappa shape index (κ3) is 5.34. The van der Waals surface area contributed by atoms with Gasteiger partial charge in [0.25, 0.3) is 0 Å². The van der Waals surface area contributed by atoms with E-state index in [1.807, 2.05) is 0 Å². The maximum atomic E-state index is 11.5. The molecule has 5 heteroatoms. The van der Waals surface area contributed by atoms with Crippen LogP contribution in [0.2, 0.25) is 0 Å². The quantitative estimate of drug-likeness (QED) is 0.771. The van der Waals surface area contributed by atoms with E-state index in [1.54, 1.807) is 0 Å². The molecule has 2 fully saturated rings. The first-order valence-corrected chi connectivity index (χ1v) is 9.92. The smallest absolute Gasteiger partial charge is 0.150 e. The SMILES string of the molecule is CC(C)CN1CCCN(CCC2CCS(=O)(=O)C2)CC1. The van der Waals surface area contributed by atoms with Crippen molar-refractivity contribution in [1.82, 2.24) is 9.80 Å². The van der Waals surface area contributed by atoms with Crippen molar-refractivity contribution < 1.29 is 8.42 Å². The fourth-order valence-electron chi connectivity index (χ4n) is 3.41. The van der Waals surface area contributed by atoms with Crippen LogP contribution < -0.4 is 0 Å². The monoisotopic (exact) mass is 302 g/mol. The van der Waals surface area contributed by atoms with Gasteiger partial charge in [-0.3, -0.25) is 0 Å². The second-order valence-corrected chi connectivity index (χ2v) is 9.18. The molecule has 0 spiro atoms. The summed E-state index contributed by atoms with van der Waals surface area (Å²) in [6.45, 7) is 11.5. The van der Waals surface area contributed by atoms with Crippen LogP contribution in [-0.4, -0.2) is 69.0 Å². The van der Waals surface area contributed by atoms with Crippen molar-refractivity contribution >= 4 is 9.84 Å². The molecular weight excluding hydrogens is 272 g/mol. The van der Waals surface area contributed by atoms with Crippen LogP contribution in [-0.2, 0) is 9.84 Å². The molecule has 0 aromatic carbocycles. The highest BCUT2D eigenvalue weighted by Gasteiger charge is 2.28. The van der Waals surface area contributed by atoms with Gasteiger partial charge in [0.2, 0.25) is 0 Å². The van der Waals surface area contributed by atoms with Crippen LogP contribution in [0.1, 0.15) is 33.1 Å². The summed E-state index contributed by atoms with van der Waals surface area (Å²) < 4.78 is 22.9. The molecule has 20 heavy (non-hydrogen) atoms. The molecule has 2 aliphatic heterocycles. The van der Waals surface area contributed by atoms with E-state index in [4.69, 9.17) is 0 Å². The van der Waals surface area contributed by atoms with E-state index < -0.39 is 9.84 Å². The standard InChI is InChI=1S/C15H30N2O2S/c1-14(2)12-17-7-3-6-16(9-10-17)8-4-15-5-11-20(18,19)13-15/h14-15H,3-13H2,1-2H3. The number of rotatable bonds is 5. The Morgan fingerprint density at radius 2 is 1.80 bits per heavy atom. The van der Waals surface area contributed by atoms with Crippen LogP contribution >= 0.6 is 0 Å². The average molecular weight is 302 g/mol. The molecule has 0 aromatic rings. The van der Waals surface area contributed by atoms with Gasteiger partial charge < -0.3 is 9.80 Å². The van der Waals surface area contributed by atoms with E-state index in [9.17, 15) is 8.42 Å². The molecule has 0 saturated carbocycles. The molecule has 2 aliphatic rings. The Balaban J connectivity index is 1.69. The van der Waals surface area contributed by atoms with Crippen LogP contribution in [0.25, 0.3) is 0 Å². The van der Waals surface area contributed by atoms with E-state index in [0.29, 0.717) is 17.4 Å².